The first kappa shape index (κ1) is 15.7. The number of thiophene rings is 2. The molecule has 0 bridgehead atoms. The van der Waals surface area contributed by atoms with Crippen LogP contribution < -0.4 is 0 Å². The van der Waals surface area contributed by atoms with Crippen molar-refractivity contribution >= 4 is 38.6 Å². The van der Waals surface area contributed by atoms with E-state index in [4.69, 9.17) is 0 Å². The highest BCUT2D eigenvalue weighted by Crippen LogP contribution is 2.30. The number of hydrogen-bond donors (Lipinski definition) is 0. The number of piperazine rings is 1. The van der Waals surface area contributed by atoms with Crippen LogP contribution >= 0.6 is 22.7 Å². The number of sulfonamides is 1. The molecule has 0 radical (unpaired) electrons. The maximum Gasteiger partial charge on any atom is 0.264 e. The fourth-order valence-electron chi connectivity index (χ4n) is 2.40. The van der Waals surface area contributed by atoms with Gasteiger partial charge < -0.3 is 4.90 Å². The average molecular weight is 356 g/mol. The van der Waals surface area contributed by atoms with Gasteiger partial charge >= 0.3 is 0 Å². The van der Waals surface area contributed by atoms with Crippen molar-refractivity contribution in [1.29, 1.82) is 0 Å². The van der Waals surface area contributed by atoms with Crippen molar-refractivity contribution in [3.63, 3.8) is 0 Å². The minimum absolute atomic E-state index is 0.0130. The van der Waals surface area contributed by atoms with Crippen molar-refractivity contribution in [2.24, 2.45) is 0 Å². The molecule has 5 nitrogen and oxygen atoms in total. The lowest BCUT2D eigenvalue weighted by Crippen LogP contribution is -2.50. The van der Waals surface area contributed by atoms with Crippen LogP contribution in [0.15, 0.2) is 29.0 Å². The highest BCUT2D eigenvalue weighted by Gasteiger charge is 2.27. The molecule has 1 amide bonds. The summed E-state index contributed by atoms with van der Waals surface area (Å²) in [4.78, 5) is 16.1. The van der Waals surface area contributed by atoms with E-state index >= 15 is 0 Å². The lowest BCUT2D eigenvalue weighted by molar-refractivity contribution is 0.0703. The van der Waals surface area contributed by atoms with E-state index in [9.17, 15) is 13.2 Å². The number of amides is 1. The molecule has 0 N–H and O–H groups in total. The maximum absolute atomic E-state index is 12.5. The van der Waals surface area contributed by atoms with Gasteiger partial charge in [-0.15, -0.1) is 22.7 Å². The predicted octanol–water partition coefficient (Wildman–Crippen LogP) is 2.19. The summed E-state index contributed by atoms with van der Waals surface area (Å²) in [6, 6.07) is 5.94. The Hall–Kier alpha value is -1.22. The van der Waals surface area contributed by atoms with Crippen molar-refractivity contribution in [2.45, 2.75) is 0 Å². The molecule has 2 aromatic heterocycles. The lowest BCUT2D eigenvalue weighted by atomic mass is 10.2. The van der Waals surface area contributed by atoms with E-state index in [0.717, 1.165) is 10.4 Å². The highest BCUT2D eigenvalue weighted by molar-refractivity contribution is 7.88. The van der Waals surface area contributed by atoms with Gasteiger partial charge in [-0.1, -0.05) is 6.07 Å². The molecule has 0 saturated carbocycles. The molecule has 3 rings (SSSR count). The van der Waals surface area contributed by atoms with Gasteiger partial charge in [0.25, 0.3) is 5.91 Å². The summed E-state index contributed by atoms with van der Waals surface area (Å²) < 4.78 is 24.4. The number of rotatable bonds is 3. The standard InChI is InChI=1S/C14H16N2O3S3/c1-22(18,19)16-6-4-15(5-7-16)14(17)13-9-11(10-21-13)12-3-2-8-20-12/h2-3,8-10H,4-7H2,1H3. The molecular formula is C14H16N2O3S3. The Kier molecular flexibility index (Phi) is 4.35. The second-order valence-electron chi connectivity index (χ2n) is 5.13. The van der Waals surface area contributed by atoms with Crippen LogP contribution in [0.1, 0.15) is 9.67 Å². The number of carbonyl (C=O) groups is 1. The summed E-state index contributed by atoms with van der Waals surface area (Å²) in [5.41, 5.74) is 1.07. The quantitative estimate of drug-likeness (QED) is 0.847. The zero-order valence-corrected chi connectivity index (χ0v) is 14.5. The third-order valence-electron chi connectivity index (χ3n) is 3.61. The Morgan fingerprint density at radius 2 is 1.91 bits per heavy atom. The molecular weight excluding hydrogens is 340 g/mol. The lowest BCUT2D eigenvalue weighted by Gasteiger charge is -2.32. The molecule has 2 aromatic rings. The van der Waals surface area contributed by atoms with Gasteiger partial charge in [-0.2, -0.15) is 4.31 Å². The van der Waals surface area contributed by atoms with Gasteiger partial charge in [-0.05, 0) is 17.5 Å². The van der Waals surface area contributed by atoms with Gasteiger partial charge in [0.05, 0.1) is 11.1 Å². The molecule has 0 spiro atoms. The fraction of sp³-hybridized carbons (Fsp3) is 0.357. The molecule has 1 fully saturated rings. The Balaban J connectivity index is 1.68. The zero-order chi connectivity index (χ0) is 15.7. The highest BCUT2D eigenvalue weighted by atomic mass is 32.2. The van der Waals surface area contributed by atoms with Crippen LogP contribution in [0.3, 0.4) is 0 Å². The number of nitrogens with zero attached hydrogens (tertiary/aromatic N) is 2. The fourth-order valence-corrected chi connectivity index (χ4v) is 4.89. The first-order chi connectivity index (χ1) is 10.4. The summed E-state index contributed by atoms with van der Waals surface area (Å²) in [6.07, 6.45) is 1.21. The summed E-state index contributed by atoms with van der Waals surface area (Å²) >= 11 is 3.09. The molecule has 1 aliphatic heterocycles. The Labute approximate surface area is 137 Å². The normalized spacial score (nSPS) is 16.9. The summed E-state index contributed by atoms with van der Waals surface area (Å²) in [7, 11) is -3.17. The molecule has 118 valence electrons. The predicted molar refractivity (Wildman–Crippen MR) is 90.0 cm³/mol. The third-order valence-corrected chi connectivity index (χ3v) is 6.75. The number of hydrogen-bond acceptors (Lipinski definition) is 5. The molecule has 0 aliphatic carbocycles. The van der Waals surface area contributed by atoms with E-state index < -0.39 is 10.0 Å². The first-order valence-corrected chi connectivity index (χ1v) is 10.4. The smallest absolute Gasteiger partial charge is 0.264 e. The van der Waals surface area contributed by atoms with E-state index in [2.05, 4.69) is 0 Å². The topological polar surface area (TPSA) is 57.7 Å². The average Bonchev–Trinajstić information content (AvgIpc) is 3.16. The molecule has 3 heterocycles. The van der Waals surface area contributed by atoms with Crippen LogP contribution in [0.5, 0.6) is 0 Å². The maximum atomic E-state index is 12.5. The summed E-state index contributed by atoms with van der Waals surface area (Å²) in [5.74, 6) is -0.0130. The third kappa shape index (κ3) is 3.24. The Morgan fingerprint density at radius 1 is 1.18 bits per heavy atom. The number of carbonyl (C=O) groups excluding carboxylic acids is 1. The van der Waals surface area contributed by atoms with E-state index in [1.54, 1.807) is 16.2 Å². The van der Waals surface area contributed by atoms with Crippen molar-refractivity contribution in [3.05, 3.63) is 33.8 Å². The van der Waals surface area contributed by atoms with Crippen LogP contribution in [0.2, 0.25) is 0 Å². The Morgan fingerprint density at radius 3 is 2.50 bits per heavy atom. The van der Waals surface area contributed by atoms with Gasteiger partial charge in [0.15, 0.2) is 0 Å². The minimum atomic E-state index is -3.17. The van der Waals surface area contributed by atoms with Crippen molar-refractivity contribution in [1.82, 2.24) is 9.21 Å². The van der Waals surface area contributed by atoms with Gasteiger partial charge in [-0.3, -0.25) is 4.79 Å². The minimum Gasteiger partial charge on any atom is -0.335 e. The van der Waals surface area contributed by atoms with E-state index in [0.29, 0.717) is 31.1 Å². The second kappa shape index (κ2) is 6.11. The van der Waals surface area contributed by atoms with E-state index in [1.807, 2.05) is 29.0 Å². The molecule has 0 aromatic carbocycles. The summed E-state index contributed by atoms with van der Waals surface area (Å²) in [5, 5.41) is 4.00. The van der Waals surface area contributed by atoms with Crippen LogP contribution in [0, 0.1) is 0 Å². The monoisotopic (exact) mass is 356 g/mol. The molecule has 1 saturated heterocycles. The van der Waals surface area contributed by atoms with Crippen LogP contribution in [-0.2, 0) is 10.0 Å². The molecule has 22 heavy (non-hydrogen) atoms. The van der Waals surface area contributed by atoms with Gasteiger partial charge in [0.1, 0.15) is 0 Å². The molecule has 1 aliphatic rings. The molecule has 0 unspecified atom stereocenters. The van der Waals surface area contributed by atoms with Crippen molar-refractivity contribution < 1.29 is 13.2 Å². The van der Waals surface area contributed by atoms with Gasteiger partial charge in [0.2, 0.25) is 10.0 Å². The molecule has 8 heteroatoms. The molecule has 0 atom stereocenters. The van der Waals surface area contributed by atoms with Gasteiger partial charge in [0, 0.05) is 42.0 Å². The van der Waals surface area contributed by atoms with Crippen LogP contribution in [-0.4, -0.2) is 56.0 Å². The first-order valence-electron chi connectivity index (χ1n) is 6.82. The van der Waals surface area contributed by atoms with Crippen molar-refractivity contribution in [2.75, 3.05) is 32.4 Å². The zero-order valence-electron chi connectivity index (χ0n) is 12.1. The van der Waals surface area contributed by atoms with Crippen LogP contribution in [0.4, 0.5) is 0 Å². The largest absolute Gasteiger partial charge is 0.335 e. The van der Waals surface area contributed by atoms with Crippen molar-refractivity contribution in [3.8, 4) is 10.4 Å². The van der Waals surface area contributed by atoms with E-state index in [-0.39, 0.29) is 5.91 Å². The van der Waals surface area contributed by atoms with Crippen LogP contribution in [0.25, 0.3) is 10.4 Å². The van der Waals surface area contributed by atoms with E-state index in [1.165, 1.54) is 21.9 Å². The summed E-state index contributed by atoms with van der Waals surface area (Å²) in [6.45, 7) is 1.62. The second-order valence-corrected chi connectivity index (χ2v) is 8.97. The SMILES string of the molecule is CS(=O)(=O)N1CCN(C(=O)c2cc(-c3cccs3)cs2)CC1. The Bertz CT molecular complexity index is 757. The van der Waals surface area contributed by atoms with Gasteiger partial charge in [-0.25, -0.2) is 8.42 Å².